The number of hydrogen-bond donors (Lipinski definition) is 2. The number of rotatable bonds is 3. The second-order valence-corrected chi connectivity index (χ2v) is 9.03. The number of anilines is 2. The number of amides is 1. The van der Waals surface area contributed by atoms with Crippen LogP contribution in [-0.4, -0.2) is 41.0 Å². The summed E-state index contributed by atoms with van der Waals surface area (Å²) in [6.07, 6.45) is 3.50. The molecule has 4 heterocycles. The number of para-hydroxylation sites is 1. The van der Waals surface area contributed by atoms with Gasteiger partial charge in [0, 0.05) is 30.9 Å². The quantitative estimate of drug-likeness (QED) is 0.587. The number of thiazole rings is 1. The Bertz CT molecular complexity index is 914. The first-order valence-corrected chi connectivity index (χ1v) is 10.7. The molecule has 0 spiro atoms. The molecule has 0 radical (unpaired) electrons. The SMILES string of the molecule is Cl.Cl.O=C(c1cc2sc(Nc3ccccc3)nc2s1)N1CCC2CCC(C1)N2. The highest BCUT2D eigenvalue weighted by Crippen LogP contribution is 2.35. The maximum absolute atomic E-state index is 12.9. The van der Waals surface area contributed by atoms with Crippen molar-refractivity contribution in [3.05, 3.63) is 41.3 Å². The number of aromatic nitrogens is 1. The summed E-state index contributed by atoms with van der Waals surface area (Å²) in [5.74, 6) is 0.159. The number of carbonyl (C=O) groups is 1. The molecule has 0 saturated carbocycles. The van der Waals surface area contributed by atoms with Crippen molar-refractivity contribution in [1.82, 2.24) is 15.2 Å². The van der Waals surface area contributed by atoms with Gasteiger partial charge in [-0.2, -0.15) is 0 Å². The van der Waals surface area contributed by atoms with Crippen LogP contribution in [0.2, 0.25) is 0 Å². The molecule has 2 aromatic heterocycles. The lowest BCUT2D eigenvalue weighted by Crippen LogP contribution is -2.38. The Balaban J connectivity index is 0.00000112. The van der Waals surface area contributed by atoms with E-state index < -0.39 is 0 Å². The van der Waals surface area contributed by atoms with Crippen LogP contribution in [-0.2, 0) is 0 Å². The number of nitrogens with zero attached hydrogens (tertiary/aromatic N) is 2. The van der Waals surface area contributed by atoms with Crippen molar-refractivity contribution in [3.63, 3.8) is 0 Å². The molecule has 0 aliphatic carbocycles. The van der Waals surface area contributed by atoms with Gasteiger partial charge in [-0.3, -0.25) is 4.79 Å². The third-order valence-electron chi connectivity index (χ3n) is 5.14. The Labute approximate surface area is 184 Å². The molecule has 2 fully saturated rings. The van der Waals surface area contributed by atoms with Gasteiger partial charge in [-0.05, 0) is 37.5 Å². The van der Waals surface area contributed by atoms with Crippen LogP contribution in [0.4, 0.5) is 10.8 Å². The number of fused-ring (bicyclic) bond motifs is 3. The number of thiophene rings is 1. The number of hydrogen-bond acceptors (Lipinski definition) is 6. The molecule has 2 unspecified atom stereocenters. The first kappa shape index (κ1) is 21.3. The maximum Gasteiger partial charge on any atom is 0.264 e. The van der Waals surface area contributed by atoms with Gasteiger partial charge >= 0.3 is 0 Å². The van der Waals surface area contributed by atoms with Crippen molar-refractivity contribution in [2.45, 2.75) is 31.3 Å². The van der Waals surface area contributed by atoms with E-state index >= 15 is 0 Å². The third-order valence-corrected chi connectivity index (χ3v) is 7.20. The van der Waals surface area contributed by atoms with Crippen LogP contribution in [0.3, 0.4) is 0 Å². The Morgan fingerprint density at radius 3 is 2.68 bits per heavy atom. The van der Waals surface area contributed by atoms with Gasteiger partial charge in [0.15, 0.2) is 5.13 Å². The van der Waals surface area contributed by atoms with Gasteiger partial charge in [-0.1, -0.05) is 29.5 Å². The molecule has 2 aliphatic rings. The molecule has 2 saturated heterocycles. The molecule has 5 rings (SSSR count). The fourth-order valence-corrected chi connectivity index (χ4v) is 5.93. The Hall–Kier alpha value is -1.38. The zero-order chi connectivity index (χ0) is 17.5. The molecule has 28 heavy (non-hydrogen) atoms. The number of nitrogens with one attached hydrogen (secondary N) is 2. The van der Waals surface area contributed by atoms with E-state index in [1.54, 1.807) is 11.3 Å². The molecule has 1 amide bonds. The first-order chi connectivity index (χ1) is 12.7. The number of carbonyl (C=O) groups excluding carboxylic acids is 1. The molecule has 2 bridgehead atoms. The molecular formula is C19H22Cl2N4OS2. The van der Waals surface area contributed by atoms with Gasteiger partial charge in [0.2, 0.25) is 0 Å². The predicted molar refractivity (Wildman–Crippen MR) is 122 cm³/mol. The normalized spacial score (nSPS) is 20.9. The van der Waals surface area contributed by atoms with Gasteiger partial charge in [0.25, 0.3) is 5.91 Å². The van der Waals surface area contributed by atoms with Gasteiger partial charge < -0.3 is 15.5 Å². The standard InChI is InChI=1S/C19H20N4OS2.2ClH/c24-18(23-9-8-13-6-7-14(11-23)20-13)16-10-15-17(25-16)22-19(26-15)21-12-4-2-1-3-5-12;;/h1-5,10,13-14,20H,6-9,11H2,(H,21,22);2*1H. The molecule has 2 aliphatic heterocycles. The Kier molecular flexibility index (Phi) is 6.83. The predicted octanol–water partition coefficient (Wildman–Crippen LogP) is 4.91. The van der Waals surface area contributed by atoms with Crippen molar-refractivity contribution in [2.24, 2.45) is 0 Å². The third kappa shape index (κ3) is 4.28. The summed E-state index contributed by atoms with van der Waals surface area (Å²) in [5, 5.41) is 7.83. The van der Waals surface area contributed by atoms with Crippen molar-refractivity contribution in [1.29, 1.82) is 0 Å². The average molecular weight is 457 g/mol. The molecular weight excluding hydrogens is 435 g/mol. The van der Waals surface area contributed by atoms with Crippen molar-refractivity contribution in [2.75, 3.05) is 18.4 Å². The van der Waals surface area contributed by atoms with E-state index in [1.165, 1.54) is 24.2 Å². The summed E-state index contributed by atoms with van der Waals surface area (Å²) < 4.78 is 1.08. The van der Waals surface area contributed by atoms with E-state index in [0.29, 0.717) is 12.1 Å². The summed E-state index contributed by atoms with van der Waals surface area (Å²) in [6, 6.07) is 13.1. The van der Waals surface area contributed by atoms with Crippen molar-refractivity contribution in [3.8, 4) is 0 Å². The summed E-state index contributed by atoms with van der Waals surface area (Å²) in [5.41, 5.74) is 1.03. The van der Waals surface area contributed by atoms with Gasteiger partial charge in [0.05, 0.1) is 9.58 Å². The van der Waals surface area contributed by atoms with Crippen LogP contribution in [0.1, 0.15) is 28.9 Å². The minimum absolute atomic E-state index is 0. The minimum Gasteiger partial charge on any atom is -0.336 e. The number of likely N-dealkylation sites (tertiary alicyclic amines) is 1. The highest BCUT2D eigenvalue weighted by Gasteiger charge is 2.32. The molecule has 1 aromatic carbocycles. The van der Waals surface area contributed by atoms with E-state index in [9.17, 15) is 4.79 Å². The van der Waals surface area contributed by atoms with Crippen LogP contribution in [0, 0.1) is 0 Å². The minimum atomic E-state index is 0. The van der Waals surface area contributed by atoms with Crippen LogP contribution in [0.15, 0.2) is 36.4 Å². The second kappa shape index (κ2) is 8.97. The monoisotopic (exact) mass is 456 g/mol. The second-order valence-electron chi connectivity index (χ2n) is 6.97. The van der Waals surface area contributed by atoms with Gasteiger partial charge in [-0.15, -0.1) is 36.2 Å². The Morgan fingerprint density at radius 1 is 1.11 bits per heavy atom. The van der Waals surface area contributed by atoms with Crippen LogP contribution >= 0.6 is 47.5 Å². The molecule has 150 valence electrons. The largest absolute Gasteiger partial charge is 0.336 e. The van der Waals surface area contributed by atoms with E-state index in [2.05, 4.69) is 15.6 Å². The number of halogens is 2. The summed E-state index contributed by atoms with van der Waals surface area (Å²) in [6.45, 7) is 1.68. The van der Waals surface area contributed by atoms with Gasteiger partial charge in [0.1, 0.15) is 4.83 Å². The molecule has 2 atom stereocenters. The van der Waals surface area contributed by atoms with E-state index in [-0.39, 0.29) is 30.7 Å². The highest BCUT2D eigenvalue weighted by atomic mass is 35.5. The maximum atomic E-state index is 12.9. The van der Waals surface area contributed by atoms with Crippen LogP contribution in [0.5, 0.6) is 0 Å². The molecule has 2 N–H and O–H groups in total. The average Bonchev–Trinajstić information content (AvgIpc) is 3.28. The fraction of sp³-hybridized carbons (Fsp3) is 0.368. The smallest absolute Gasteiger partial charge is 0.264 e. The fourth-order valence-electron chi connectivity index (χ4n) is 3.82. The summed E-state index contributed by atoms with van der Waals surface area (Å²) in [7, 11) is 0. The summed E-state index contributed by atoms with van der Waals surface area (Å²) in [4.78, 5) is 21.4. The van der Waals surface area contributed by atoms with Gasteiger partial charge in [-0.25, -0.2) is 4.98 Å². The Morgan fingerprint density at radius 2 is 1.89 bits per heavy atom. The van der Waals surface area contributed by atoms with Crippen molar-refractivity contribution < 1.29 is 4.79 Å². The topological polar surface area (TPSA) is 57.3 Å². The zero-order valence-electron chi connectivity index (χ0n) is 15.1. The molecule has 5 nitrogen and oxygen atoms in total. The molecule has 3 aromatic rings. The lowest BCUT2D eigenvalue weighted by Gasteiger charge is -2.23. The van der Waals surface area contributed by atoms with Crippen LogP contribution < -0.4 is 10.6 Å². The lowest BCUT2D eigenvalue weighted by molar-refractivity contribution is 0.0753. The summed E-state index contributed by atoms with van der Waals surface area (Å²) >= 11 is 3.10. The zero-order valence-corrected chi connectivity index (χ0v) is 18.4. The van der Waals surface area contributed by atoms with E-state index in [1.807, 2.05) is 41.3 Å². The number of benzene rings is 1. The lowest BCUT2D eigenvalue weighted by atomic mass is 10.1. The first-order valence-electron chi connectivity index (χ1n) is 9.02. The van der Waals surface area contributed by atoms with E-state index in [0.717, 1.165) is 44.7 Å². The van der Waals surface area contributed by atoms with E-state index in [4.69, 9.17) is 0 Å². The molecule has 9 heteroatoms. The highest BCUT2D eigenvalue weighted by molar-refractivity contribution is 7.29. The van der Waals surface area contributed by atoms with Crippen LogP contribution in [0.25, 0.3) is 9.53 Å². The van der Waals surface area contributed by atoms with Crippen molar-refractivity contribution >= 4 is 73.7 Å².